The highest BCUT2D eigenvalue weighted by Gasteiger charge is 2.29. The minimum atomic E-state index is -3.04. The molecule has 2 fully saturated rings. The van der Waals surface area contributed by atoms with Crippen LogP contribution in [0.5, 0.6) is 5.75 Å². The number of fused-ring (bicyclic) bond motifs is 1. The number of alkyl halides is 2. The highest BCUT2D eigenvalue weighted by molar-refractivity contribution is 6.04. The van der Waals surface area contributed by atoms with E-state index >= 15 is 0 Å². The Labute approximate surface area is 182 Å². The van der Waals surface area contributed by atoms with E-state index in [4.69, 9.17) is 0 Å². The first kappa shape index (κ1) is 20.6. The molecule has 1 saturated heterocycles. The molecule has 3 aromatic rings. The van der Waals surface area contributed by atoms with Crippen molar-refractivity contribution in [3.05, 3.63) is 36.4 Å². The summed E-state index contributed by atoms with van der Waals surface area (Å²) in [6.45, 7) is -1.30. The van der Waals surface area contributed by atoms with Gasteiger partial charge in [-0.15, -0.1) is 0 Å². The molecule has 0 bridgehead atoms. The minimum Gasteiger partial charge on any atom is -0.433 e. The molecule has 1 aliphatic heterocycles. The van der Waals surface area contributed by atoms with Crippen LogP contribution in [0.25, 0.3) is 10.9 Å². The van der Waals surface area contributed by atoms with Gasteiger partial charge in [-0.3, -0.25) is 9.48 Å². The zero-order chi connectivity index (χ0) is 22.2. The third-order valence-corrected chi connectivity index (χ3v) is 5.62. The van der Waals surface area contributed by atoms with Gasteiger partial charge >= 0.3 is 6.61 Å². The van der Waals surface area contributed by atoms with E-state index in [0.29, 0.717) is 28.8 Å². The number of anilines is 2. The molecule has 1 aromatic carbocycles. The van der Waals surface area contributed by atoms with E-state index in [0.717, 1.165) is 19.5 Å². The van der Waals surface area contributed by atoms with Gasteiger partial charge in [-0.05, 0) is 25.3 Å². The normalized spacial score (nSPS) is 18.5. The van der Waals surface area contributed by atoms with Crippen LogP contribution in [0, 0.1) is 0 Å². The van der Waals surface area contributed by atoms with Crippen molar-refractivity contribution in [1.82, 2.24) is 25.1 Å². The standard InChI is InChI=1S/C21H23F2N7O2/c1-29-10-12-6-16(18(32-21(22)23)7-15(12)28-29)27-20(31)17-8-25-19(9-24-17)30-5-4-14(11-30)26-13-2-3-13/h6-10,13-14,21,26H,2-5,11H2,1H3,(H,27,31)/t14-/m1/s1. The number of amides is 1. The van der Waals surface area contributed by atoms with E-state index in [1.807, 2.05) is 0 Å². The number of hydrogen-bond acceptors (Lipinski definition) is 7. The molecule has 0 unspecified atom stereocenters. The Morgan fingerprint density at radius 1 is 1.19 bits per heavy atom. The third-order valence-electron chi connectivity index (χ3n) is 5.62. The molecule has 11 heteroatoms. The van der Waals surface area contributed by atoms with E-state index in [-0.39, 0.29) is 17.1 Å². The predicted octanol–water partition coefficient (Wildman–Crippen LogP) is 2.55. The molecule has 2 N–H and O–H groups in total. The fourth-order valence-corrected chi connectivity index (χ4v) is 3.94. The highest BCUT2D eigenvalue weighted by atomic mass is 19.3. The lowest BCUT2D eigenvalue weighted by atomic mass is 10.2. The second-order valence-electron chi connectivity index (χ2n) is 8.17. The van der Waals surface area contributed by atoms with Crippen LogP contribution in [-0.4, -0.2) is 57.4 Å². The number of rotatable bonds is 7. The van der Waals surface area contributed by atoms with Crippen molar-refractivity contribution in [2.45, 2.75) is 38.0 Å². The smallest absolute Gasteiger partial charge is 0.387 e. The summed E-state index contributed by atoms with van der Waals surface area (Å²) in [5.41, 5.74) is 0.662. The number of carbonyl (C=O) groups is 1. The van der Waals surface area contributed by atoms with E-state index in [2.05, 4.69) is 35.3 Å². The second kappa shape index (κ2) is 8.30. The first-order chi connectivity index (χ1) is 15.4. The fourth-order valence-electron chi connectivity index (χ4n) is 3.94. The molecule has 1 amide bonds. The maximum atomic E-state index is 12.9. The maximum absolute atomic E-state index is 12.9. The van der Waals surface area contributed by atoms with Crippen molar-refractivity contribution in [1.29, 1.82) is 0 Å². The molecule has 168 valence electrons. The summed E-state index contributed by atoms with van der Waals surface area (Å²) >= 11 is 0. The number of carbonyl (C=O) groups excluding carboxylic acids is 1. The Balaban J connectivity index is 1.29. The number of nitrogens with one attached hydrogen (secondary N) is 2. The Morgan fingerprint density at radius 3 is 2.75 bits per heavy atom. The number of ether oxygens (including phenoxy) is 1. The van der Waals surface area contributed by atoms with Crippen LogP contribution in [0.4, 0.5) is 20.3 Å². The van der Waals surface area contributed by atoms with Crippen molar-refractivity contribution in [2.75, 3.05) is 23.3 Å². The summed E-state index contributed by atoms with van der Waals surface area (Å²) in [4.78, 5) is 23.5. The monoisotopic (exact) mass is 443 g/mol. The average Bonchev–Trinajstić information content (AvgIpc) is 3.31. The van der Waals surface area contributed by atoms with Gasteiger partial charge in [0.15, 0.2) is 5.75 Å². The van der Waals surface area contributed by atoms with Crippen LogP contribution in [0.2, 0.25) is 0 Å². The van der Waals surface area contributed by atoms with Gasteiger partial charge in [-0.1, -0.05) is 0 Å². The van der Waals surface area contributed by atoms with Crippen molar-refractivity contribution in [2.24, 2.45) is 7.05 Å². The first-order valence-corrected chi connectivity index (χ1v) is 10.5. The van der Waals surface area contributed by atoms with Crippen molar-refractivity contribution < 1.29 is 18.3 Å². The van der Waals surface area contributed by atoms with Crippen molar-refractivity contribution in [3.8, 4) is 5.75 Å². The summed E-state index contributed by atoms with van der Waals surface area (Å²) in [6.07, 6.45) is 8.21. The molecule has 5 rings (SSSR count). The number of hydrogen-bond donors (Lipinski definition) is 2. The Bertz CT molecular complexity index is 1130. The van der Waals surface area contributed by atoms with Crippen LogP contribution in [0.15, 0.2) is 30.7 Å². The number of benzene rings is 1. The molecule has 1 aliphatic carbocycles. The van der Waals surface area contributed by atoms with Crippen LogP contribution < -0.4 is 20.3 Å². The summed E-state index contributed by atoms with van der Waals surface area (Å²) in [7, 11) is 1.72. The van der Waals surface area contributed by atoms with Gasteiger partial charge in [-0.25, -0.2) is 9.97 Å². The Morgan fingerprint density at radius 2 is 2.03 bits per heavy atom. The molecule has 0 radical (unpaired) electrons. The molecule has 1 atom stereocenters. The van der Waals surface area contributed by atoms with E-state index < -0.39 is 12.5 Å². The Kier molecular flexibility index (Phi) is 5.33. The summed E-state index contributed by atoms with van der Waals surface area (Å²) in [5.74, 6) is -0.0309. The largest absolute Gasteiger partial charge is 0.433 e. The molecule has 32 heavy (non-hydrogen) atoms. The molecular formula is C21H23F2N7O2. The first-order valence-electron chi connectivity index (χ1n) is 10.5. The molecular weight excluding hydrogens is 420 g/mol. The predicted molar refractivity (Wildman–Crippen MR) is 114 cm³/mol. The maximum Gasteiger partial charge on any atom is 0.387 e. The lowest BCUT2D eigenvalue weighted by Crippen LogP contribution is -2.34. The molecule has 9 nitrogen and oxygen atoms in total. The lowest BCUT2D eigenvalue weighted by Gasteiger charge is -2.17. The van der Waals surface area contributed by atoms with Crippen LogP contribution in [0.1, 0.15) is 29.8 Å². The van der Waals surface area contributed by atoms with E-state index in [1.165, 1.54) is 31.2 Å². The van der Waals surface area contributed by atoms with Crippen LogP contribution >= 0.6 is 0 Å². The topological polar surface area (TPSA) is 97.2 Å². The summed E-state index contributed by atoms with van der Waals surface area (Å²) in [5, 5.41) is 11.1. The number of aryl methyl sites for hydroxylation is 1. The molecule has 1 saturated carbocycles. The average molecular weight is 443 g/mol. The van der Waals surface area contributed by atoms with Gasteiger partial charge in [0, 0.05) is 49.9 Å². The number of halogens is 2. The number of aromatic nitrogens is 4. The van der Waals surface area contributed by atoms with Gasteiger partial charge in [0.05, 0.1) is 23.6 Å². The summed E-state index contributed by atoms with van der Waals surface area (Å²) < 4.78 is 31.9. The lowest BCUT2D eigenvalue weighted by molar-refractivity contribution is -0.0492. The van der Waals surface area contributed by atoms with Crippen molar-refractivity contribution in [3.63, 3.8) is 0 Å². The third kappa shape index (κ3) is 4.47. The molecule has 0 spiro atoms. The number of nitrogens with zero attached hydrogens (tertiary/aromatic N) is 5. The van der Waals surface area contributed by atoms with Gasteiger partial charge in [0.25, 0.3) is 5.91 Å². The molecule has 2 aromatic heterocycles. The van der Waals surface area contributed by atoms with Gasteiger partial charge < -0.3 is 20.3 Å². The zero-order valence-electron chi connectivity index (χ0n) is 17.5. The zero-order valence-corrected chi connectivity index (χ0v) is 17.5. The molecule has 3 heterocycles. The van der Waals surface area contributed by atoms with Gasteiger partial charge in [0.2, 0.25) is 0 Å². The minimum absolute atomic E-state index is 0.0786. The van der Waals surface area contributed by atoms with Gasteiger partial charge in [0.1, 0.15) is 11.5 Å². The fraction of sp³-hybridized carbons (Fsp3) is 0.429. The Hall–Kier alpha value is -3.34. The van der Waals surface area contributed by atoms with Crippen LogP contribution in [0.3, 0.4) is 0 Å². The van der Waals surface area contributed by atoms with E-state index in [9.17, 15) is 13.6 Å². The van der Waals surface area contributed by atoms with Crippen LogP contribution in [-0.2, 0) is 7.05 Å². The molecule has 2 aliphatic rings. The summed E-state index contributed by atoms with van der Waals surface area (Å²) in [6, 6.07) is 4.01. The quantitative estimate of drug-likeness (QED) is 0.579. The van der Waals surface area contributed by atoms with E-state index in [1.54, 1.807) is 24.1 Å². The van der Waals surface area contributed by atoms with Crippen molar-refractivity contribution >= 4 is 28.3 Å². The second-order valence-corrected chi connectivity index (χ2v) is 8.17. The SMILES string of the molecule is Cn1cc2cc(NC(=O)c3cnc(N4CC[C@@H](NC5CC5)C4)cn3)c(OC(F)F)cc2n1. The van der Waals surface area contributed by atoms with Gasteiger partial charge in [-0.2, -0.15) is 13.9 Å². The highest BCUT2D eigenvalue weighted by Crippen LogP contribution is 2.31.